The number of esters is 1. The van der Waals surface area contributed by atoms with E-state index in [2.05, 4.69) is 13.8 Å². The lowest BCUT2D eigenvalue weighted by molar-refractivity contribution is -0.148. The van der Waals surface area contributed by atoms with Gasteiger partial charge in [0.05, 0.1) is 0 Å². The third kappa shape index (κ3) is 7.03. The minimum Gasteiger partial charge on any atom is -0.462 e. The minimum absolute atomic E-state index is 0.0307. The summed E-state index contributed by atoms with van der Waals surface area (Å²) in [6, 6.07) is 0. The summed E-state index contributed by atoms with van der Waals surface area (Å²) >= 11 is 0. The van der Waals surface area contributed by atoms with E-state index in [1.165, 1.54) is 44.9 Å². The lowest BCUT2D eigenvalue weighted by Gasteiger charge is -2.12. The van der Waals surface area contributed by atoms with Gasteiger partial charge < -0.3 is 4.74 Å². The summed E-state index contributed by atoms with van der Waals surface area (Å²) in [6.07, 6.45) is 12.9. The van der Waals surface area contributed by atoms with Gasteiger partial charge in [0.25, 0.3) is 0 Å². The topological polar surface area (TPSA) is 26.3 Å². The highest BCUT2D eigenvalue weighted by atomic mass is 16.5. The Labute approximate surface area is 112 Å². The molecule has 106 valence electrons. The smallest absolute Gasteiger partial charge is 0.306 e. The molecule has 0 aliphatic heterocycles. The second-order valence-corrected chi connectivity index (χ2v) is 5.89. The summed E-state index contributed by atoms with van der Waals surface area (Å²) in [6.45, 7) is 4.57. The van der Waals surface area contributed by atoms with Gasteiger partial charge in [0.2, 0.25) is 0 Å². The molecule has 0 aromatic carbocycles. The van der Waals surface area contributed by atoms with Crippen molar-refractivity contribution in [2.45, 2.75) is 90.6 Å². The summed E-state index contributed by atoms with van der Waals surface area (Å²) in [7, 11) is 0. The van der Waals surface area contributed by atoms with Gasteiger partial charge in [0.1, 0.15) is 6.10 Å². The molecule has 2 nitrogen and oxygen atoms in total. The normalized spacial score (nSPS) is 17.9. The summed E-state index contributed by atoms with van der Waals surface area (Å²) in [5, 5.41) is 0. The van der Waals surface area contributed by atoms with Crippen LogP contribution >= 0.6 is 0 Å². The van der Waals surface area contributed by atoms with Crippen molar-refractivity contribution >= 4 is 5.97 Å². The SMILES string of the molecule is CCCCC(C)CCCCC(=O)OC1CCCC1. The van der Waals surface area contributed by atoms with Crippen molar-refractivity contribution in [3.05, 3.63) is 0 Å². The molecule has 1 saturated carbocycles. The Hall–Kier alpha value is -0.530. The average Bonchev–Trinajstić information content (AvgIpc) is 2.85. The second kappa shape index (κ2) is 9.41. The fourth-order valence-corrected chi connectivity index (χ4v) is 2.71. The molecular formula is C16H30O2. The van der Waals surface area contributed by atoms with Gasteiger partial charge in [-0.3, -0.25) is 4.79 Å². The molecular weight excluding hydrogens is 224 g/mol. The summed E-state index contributed by atoms with van der Waals surface area (Å²) in [5.41, 5.74) is 0. The first-order valence-corrected chi connectivity index (χ1v) is 7.91. The van der Waals surface area contributed by atoms with Crippen molar-refractivity contribution in [1.82, 2.24) is 0 Å². The fourth-order valence-electron chi connectivity index (χ4n) is 2.71. The molecule has 1 unspecified atom stereocenters. The summed E-state index contributed by atoms with van der Waals surface area (Å²) < 4.78 is 5.44. The summed E-state index contributed by atoms with van der Waals surface area (Å²) in [5.74, 6) is 0.846. The van der Waals surface area contributed by atoms with Gasteiger partial charge in [0, 0.05) is 6.42 Å². The molecule has 1 rings (SSSR count). The number of rotatable bonds is 9. The Bertz CT molecular complexity index is 219. The molecule has 0 aromatic rings. The zero-order valence-electron chi connectivity index (χ0n) is 12.2. The molecule has 18 heavy (non-hydrogen) atoms. The monoisotopic (exact) mass is 254 g/mol. The molecule has 2 heteroatoms. The number of unbranched alkanes of at least 4 members (excludes halogenated alkanes) is 2. The van der Waals surface area contributed by atoms with Gasteiger partial charge in [-0.05, 0) is 38.0 Å². The molecule has 0 N–H and O–H groups in total. The zero-order chi connectivity index (χ0) is 13.2. The van der Waals surface area contributed by atoms with Crippen molar-refractivity contribution < 1.29 is 9.53 Å². The van der Waals surface area contributed by atoms with Crippen LogP contribution in [-0.4, -0.2) is 12.1 Å². The molecule has 0 aromatic heterocycles. The Morgan fingerprint density at radius 2 is 1.83 bits per heavy atom. The van der Waals surface area contributed by atoms with E-state index in [4.69, 9.17) is 4.74 Å². The highest BCUT2D eigenvalue weighted by Gasteiger charge is 2.18. The molecule has 1 fully saturated rings. The van der Waals surface area contributed by atoms with Gasteiger partial charge in [-0.1, -0.05) is 46.0 Å². The Morgan fingerprint density at radius 3 is 2.50 bits per heavy atom. The quantitative estimate of drug-likeness (QED) is 0.434. The number of ether oxygens (including phenoxy) is 1. The van der Waals surface area contributed by atoms with Crippen LogP contribution in [0.3, 0.4) is 0 Å². The van der Waals surface area contributed by atoms with Gasteiger partial charge in [-0.25, -0.2) is 0 Å². The van der Waals surface area contributed by atoms with Crippen LogP contribution < -0.4 is 0 Å². The molecule has 0 bridgehead atoms. The third-order valence-electron chi connectivity index (χ3n) is 3.98. The van der Waals surface area contributed by atoms with E-state index in [0.717, 1.165) is 25.2 Å². The minimum atomic E-state index is 0.0307. The van der Waals surface area contributed by atoms with Crippen LogP contribution in [0.2, 0.25) is 0 Å². The Kier molecular flexibility index (Phi) is 8.11. The fraction of sp³-hybridized carbons (Fsp3) is 0.938. The van der Waals surface area contributed by atoms with Crippen molar-refractivity contribution in [2.24, 2.45) is 5.92 Å². The van der Waals surface area contributed by atoms with Crippen molar-refractivity contribution in [1.29, 1.82) is 0 Å². The standard InChI is InChI=1S/C16H30O2/c1-3-4-9-14(2)10-5-8-13-16(17)18-15-11-6-7-12-15/h14-15H,3-13H2,1-2H3. The molecule has 0 amide bonds. The largest absolute Gasteiger partial charge is 0.462 e. The van der Waals surface area contributed by atoms with Gasteiger partial charge in [-0.2, -0.15) is 0 Å². The van der Waals surface area contributed by atoms with E-state index in [1.807, 2.05) is 0 Å². The van der Waals surface area contributed by atoms with Crippen LogP contribution in [0.25, 0.3) is 0 Å². The molecule has 0 saturated heterocycles. The van der Waals surface area contributed by atoms with E-state index in [1.54, 1.807) is 0 Å². The van der Waals surface area contributed by atoms with Gasteiger partial charge in [0.15, 0.2) is 0 Å². The number of carbonyl (C=O) groups excluding carboxylic acids is 1. The number of hydrogen-bond donors (Lipinski definition) is 0. The van der Waals surface area contributed by atoms with E-state index >= 15 is 0 Å². The highest BCUT2D eigenvalue weighted by Crippen LogP contribution is 2.22. The van der Waals surface area contributed by atoms with Crippen LogP contribution in [0, 0.1) is 5.92 Å². The molecule has 0 radical (unpaired) electrons. The average molecular weight is 254 g/mol. The molecule has 0 heterocycles. The van der Waals surface area contributed by atoms with Gasteiger partial charge >= 0.3 is 5.97 Å². The maximum absolute atomic E-state index is 11.6. The zero-order valence-corrected chi connectivity index (χ0v) is 12.2. The summed E-state index contributed by atoms with van der Waals surface area (Å²) in [4.78, 5) is 11.6. The lowest BCUT2D eigenvalue weighted by atomic mass is 9.97. The van der Waals surface area contributed by atoms with Crippen LogP contribution in [0.1, 0.15) is 84.5 Å². The van der Waals surface area contributed by atoms with Crippen molar-refractivity contribution in [3.8, 4) is 0 Å². The maximum Gasteiger partial charge on any atom is 0.306 e. The molecule has 1 aliphatic carbocycles. The second-order valence-electron chi connectivity index (χ2n) is 5.89. The predicted molar refractivity (Wildman–Crippen MR) is 75.5 cm³/mol. The van der Waals surface area contributed by atoms with Crippen LogP contribution in [-0.2, 0) is 9.53 Å². The predicted octanol–water partition coefficient (Wildman–Crippen LogP) is 4.86. The van der Waals surface area contributed by atoms with E-state index in [0.29, 0.717) is 6.42 Å². The lowest BCUT2D eigenvalue weighted by Crippen LogP contribution is -2.14. The van der Waals surface area contributed by atoms with Crippen molar-refractivity contribution in [3.63, 3.8) is 0 Å². The first-order valence-electron chi connectivity index (χ1n) is 7.91. The molecule has 0 spiro atoms. The number of carbonyl (C=O) groups is 1. The van der Waals surface area contributed by atoms with Crippen LogP contribution in [0.4, 0.5) is 0 Å². The third-order valence-corrected chi connectivity index (χ3v) is 3.98. The Balaban J connectivity index is 1.94. The molecule has 1 aliphatic rings. The Morgan fingerprint density at radius 1 is 1.17 bits per heavy atom. The first-order chi connectivity index (χ1) is 8.72. The van der Waals surface area contributed by atoms with E-state index in [-0.39, 0.29) is 12.1 Å². The van der Waals surface area contributed by atoms with Crippen molar-refractivity contribution in [2.75, 3.05) is 0 Å². The number of hydrogen-bond acceptors (Lipinski definition) is 2. The van der Waals surface area contributed by atoms with Gasteiger partial charge in [-0.15, -0.1) is 0 Å². The van der Waals surface area contributed by atoms with E-state index < -0.39 is 0 Å². The first kappa shape index (κ1) is 15.5. The van der Waals surface area contributed by atoms with Crippen LogP contribution in [0.5, 0.6) is 0 Å². The highest BCUT2D eigenvalue weighted by molar-refractivity contribution is 5.69. The maximum atomic E-state index is 11.6. The molecule has 1 atom stereocenters. The van der Waals surface area contributed by atoms with Crippen LogP contribution in [0.15, 0.2) is 0 Å². The van der Waals surface area contributed by atoms with E-state index in [9.17, 15) is 4.79 Å².